The van der Waals surface area contributed by atoms with E-state index < -0.39 is 5.25 Å². The number of nitriles is 1. The Balaban J connectivity index is 1.63. The highest BCUT2D eigenvalue weighted by molar-refractivity contribution is 8.00. The predicted molar refractivity (Wildman–Crippen MR) is 124 cm³/mol. The molecular weight excluding hydrogens is 424 g/mol. The van der Waals surface area contributed by atoms with Crippen LogP contribution in [0.5, 0.6) is 0 Å². The van der Waals surface area contributed by atoms with E-state index in [1.807, 2.05) is 60.7 Å². The summed E-state index contributed by atoms with van der Waals surface area (Å²) in [6, 6.07) is 20.7. The second-order valence-corrected chi connectivity index (χ2v) is 8.32. The Morgan fingerprint density at radius 2 is 1.88 bits per heavy atom. The number of nitrogens with zero attached hydrogens (tertiary/aromatic N) is 5. The summed E-state index contributed by atoms with van der Waals surface area (Å²) in [5.41, 5.74) is 1.61. The number of benzene rings is 2. The van der Waals surface area contributed by atoms with Gasteiger partial charge in [-0.1, -0.05) is 48.2 Å². The maximum atomic E-state index is 13.2. The van der Waals surface area contributed by atoms with Crippen molar-refractivity contribution in [1.82, 2.24) is 19.7 Å². The minimum Gasteiger partial charge on any atom is -0.310 e. The normalized spacial score (nSPS) is 11.8. The molecule has 2 aromatic carbocycles. The topological polar surface area (TPSA) is 108 Å². The van der Waals surface area contributed by atoms with Crippen molar-refractivity contribution in [2.45, 2.75) is 23.8 Å². The number of nitrogens with one attached hydrogen (secondary N) is 1. The Morgan fingerprint density at radius 3 is 2.56 bits per heavy atom. The van der Waals surface area contributed by atoms with Gasteiger partial charge in [-0.2, -0.15) is 10.4 Å². The van der Waals surface area contributed by atoms with E-state index >= 15 is 0 Å². The lowest BCUT2D eigenvalue weighted by atomic mass is 10.2. The van der Waals surface area contributed by atoms with Gasteiger partial charge in [0, 0.05) is 12.2 Å². The number of H-pyrrole nitrogens is 1. The summed E-state index contributed by atoms with van der Waals surface area (Å²) >= 11 is 1.16. The number of thioether (sulfide) groups is 1. The van der Waals surface area contributed by atoms with E-state index in [-0.39, 0.29) is 24.4 Å². The molecule has 0 fully saturated rings. The third-order valence-corrected chi connectivity index (χ3v) is 5.81. The number of hydrogen-bond donors (Lipinski definition) is 1. The van der Waals surface area contributed by atoms with Crippen molar-refractivity contribution in [3.63, 3.8) is 0 Å². The Labute approximate surface area is 188 Å². The monoisotopic (exact) mass is 444 g/mol. The fourth-order valence-electron chi connectivity index (χ4n) is 3.29. The molecule has 1 unspecified atom stereocenters. The van der Waals surface area contributed by atoms with Crippen LogP contribution in [0.1, 0.15) is 13.3 Å². The highest BCUT2D eigenvalue weighted by atomic mass is 32.2. The molecule has 0 saturated carbocycles. The van der Waals surface area contributed by atoms with E-state index in [0.29, 0.717) is 16.2 Å². The molecule has 9 heteroatoms. The molecule has 2 heterocycles. The van der Waals surface area contributed by atoms with Crippen molar-refractivity contribution in [3.8, 4) is 11.8 Å². The average Bonchev–Trinajstić information content (AvgIpc) is 3.25. The Hall–Kier alpha value is -3.90. The third kappa shape index (κ3) is 4.40. The molecule has 4 aromatic rings. The maximum absolute atomic E-state index is 13.2. The van der Waals surface area contributed by atoms with Crippen LogP contribution in [0.25, 0.3) is 16.7 Å². The highest BCUT2D eigenvalue weighted by Crippen LogP contribution is 2.25. The quantitative estimate of drug-likeness (QED) is 0.345. The van der Waals surface area contributed by atoms with Gasteiger partial charge < -0.3 is 9.88 Å². The number of rotatable bonds is 7. The average molecular weight is 445 g/mol. The van der Waals surface area contributed by atoms with Crippen LogP contribution in [0.3, 0.4) is 0 Å². The molecule has 0 aliphatic carbocycles. The Kier molecular flexibility index (Phi) is 6.33. The standard InChI is InChI=1S/C23H20N6O2S/c1-16(22(31)28(14-8-13-24)17-9-4-2-5-10-17)32-23-26-20-19(21(30)27-23)15-25-29(20)18-11-6-3-7-12-18/h2-7,9-12,15-16H,8,14H2,1H3,(H,26,27,30). The maximum Gasteiger partial charge on any atom is 0.262 e. The van der Waals surface area contributed by atoms with Gasteiger partial charge in [0.25, 0.3) is 5.56 Å². The van der Waals surface area contributed by atoms with Crippen LogP contribution < -0.4 is 10.5 Å². The van der Waals surface area contributed by atoms with Crippen LogP contribution >= 0.6 is 11.8 Å². The number of para-hydroxylation sites is 2. The molecule has 1 amide bonds. The second-order valence-electron chi connectivity index (χ2n) is 6.99. The van der Waals surface area contributed by atoms with Gasteiger partial charge in [0.05, 0.1) is 29.6 Å². The van der Waals surface area contributed by atoms with Gasteiger partial charge in [0.2, 0.25) is 5.91 Å². The van der Waals surface area contributed by atoms with Crippen molar-refractivity contribution < 1.29 is 4.79 Å². The number of amides is 1. The molecule has 32 heavy (non-hydrogen) atoms. The summed E-state index contributed by atoms with van der Waals surface area (Å²) in [5.74, 6) is -0.171. The molecule has 8 nitrogen and oxygen atoms in total. The summed E-state index contributed by atoms with van der Waals surface area (Å²) in [5, 5.41) is 13.5. The minimum absolute atomic E-state index is 0.171. The fraction of sp³-hybridized carbons (Fsp3) is 0.174. The van der Waals surface area contributed by atoms with E-state index in [4.69, 9.17) is 5.26 Å². The van der Waals surface area contributed by atoms with Crippen molar-refractivity contribution >= 4 is 34.4 Å². The lowest BCUT2D eigenvalue weighted by Crippen LogP contribution is -2.37. The van der Waals surface area contributed by atoms with Gasteiger partial charge in [-0.05, 0) is 31.2 Å². The Morgan fingerprint density at radius 1 is 1.19 bits per heavy atom. The molecule has 2 aromatic heterocycles. The molecule has 0 spiro atoms. The smallest absolute Gasteiger partial charge is 0.262 e. The van der Waals surface area contributed by atoms with Gasteiger partial charge in [-0.25, -0.2) is 9.67 Å². The van der Waals surface area contributed by atoms with Gasteiger partial charge in [0.15, 0.2) is 10.8 Å². The van der Waals surface area contributed by atoms with E-state index in [1.54, 1.807) is 16.5 Å². The molecule has 0 saturated heterocycles. The molecule has 160 valence electrons. The summed E-state index contributed by atoms with van der Waals surface area (Å²) < 4.78 is 1.60. The largest absolute Gasteiger partial charge is 0.310 e. The molecule has 1 N–H and O–H groups in total. The van der Waals surface area contributed by atoms with Gasteiger partial charge in [-0.3, -0.25) is 9.59 Å². The molecule has 0 bridgehead atoms. The van der Waals surface area contributed by atoms with Crippen molar-refractivity contribution in [2.24, 2.45) is 0 Å². The number of anilines is 1. The second kappa shape index (κ2) is 9.49. The number of aromatic nitrogens is 4. The number of fused-ring (bicyclic) bond motifs is 1. The van der Waals surface area contributed by atoms with E-state index in [0.717, 1.165) is 23.1 Å². The van der Waals surface area contributed by atoms with Gasteiger partial charge in [0.1, 0.15) is 5.39 Å². The Bertz CT molecular complexity index is 1330. The fourth-order valence-corrected chi connectivity index (χ4v) is 4.14. The zero-order valence-corrected chi connectivity index (χ0v) is 18.1. The van der Waals surface area contributed by atoms with Crippen molar-refractivity contribution in [3.05, 3.63) is 77.2 Å². The highest BCUT2D eigenvalue weighted by Gasteiger charge is 2.24. The third-order valence-electron chi connectivity index (χ3n) is 4.83. The lowest BCUT2D eigenvalue weighted by molar-refractivity contribution is -0.117. The van der Waals surface area contributed by atoms with Crippen LogP contribution in [0.15, 0.2) is 76.8 Å². The summed E-state index contributed by atoms with van der Waals surface area (Å²) in [6.45, 7) is 2.04. The molecule has 4 rings (SSSR count). The number of hydrogen-bond acceptors (Lipinski definition) is 6. The van der Waals surface area contributed by atoms with Crippen LogP contribution in [-0.4, -0.2) is 37.5 Å². The van der Waals surface area contributed by atoms with Crippen molar-refractivity contribution in [2.75, 3.05) is 11.4 Å². The first kappa shape index (κ1) is 21.3. The first-order valence-electron chi connectivity index (χ1n) is 10.0. The van der Waals surface area contributed by atoms with E-state index in [1.165, 1.54) is 6.20 Å². The van der Waals surface area contributed by atoms with E-state index in [2.05, 4.69) is 21.1 Å². The number of carbonyl (C=O) groups excluding carboxylic acids is 1. The lowest BCUT2D eigenvalue weighted by Gasteiger charge is -2.24. The number of aromatic amines is 1. The van der Waals surface area contributed by atoms with Crippen LogP contribution in [0, 0.1) is 11.3 Å². The summed E-state index contributed by atoms with van der Waals surface area (Å²) in [7, 11) is 0. The van der Waals surface area contributed by atoms with Crippen LogP contribution in [0.2, 0.25) is 0 Å². The minimum atomic E-state index is -0.539. The molecule has 0 aliphatic heterocycles. The van der Waals surface area contributed by atoms with Crippen molar-refractivity contribution in [1.29, 1.82) is 5.26 Å². The van der Waals surface area contributed by atoms with Gasteiger partial charge >= 0.3 is 0 Å². The zero-order chi connectivity index (χ0) is 22.5. The summed E-state index contributed by atoms with van der Waals surface area (Å²) in [6.07, 6.45) is 1.70. The molecule has 0 radical (unpaired) electrons. The van der Waals surface area contributed by atoms with E-state index in [9.17, 15) is 9.59 Å². The molecule has 1 atom stereocenters. The van der Waals surface area contributed by atoms with Gasteiger partial charge in [-0.15, -0.1) is 0 Å². The molecular formula is C23H20N6O2S. The number of carbonyl (C=O) groups is 1. The predicted octanol–water partition coefficient (Wildman–Crippen LogP) is 3.54. The van der Waals surface area contributed by atoms with Crippen LogP contribution in [0.4, 0.5) is 5.69 Å². The van der Waals surface area contributed by atoms with Crippen LogP contribution in [-0.2, 0) is 4.79 Å². The zero-order valence-electron chi connectivity index (χ0n) is 17.3. The molecule has 0 aliphatic rings. The SMILES string of the molecule is CC(Sc1nc2c(cnn2-c2ccccc2)c(=O)[nH]1)C(=O)N(CCC#N)c1ccccc1. The summed E-state index contributed by atoms with van der Waals surface area (Å²) in [4.78, 5) is 34.7. The first-order chi connectivity index (χ1) is 15.6. The first-order valence-corrected chi connectivity index (χ1v) is 10.9.